The molecule has 0 radical (unpaired) electrons. The van der Waals surface area contributed by atoms with Crippen LogP contribution < -0.4 is 0 Å². The Morgan fingerprint density at radius 3 is 2.42 bits per heavy atom. The van der Waals surface area contributed by atoms with Crippen molar-refractivity contribution < 1.29 is 14.3 Å². The van der Waals surface area contributed by atoms with E-state index in [0.29, 0.717) is 12.0 Å². The zero-order valence-corrected chi connectivity index (χ0v) is 14.6. The molecule has 5 heteroatoms. The van der Waals surface area contributed by atoms with E-state index in [0.717, 1.165) is 32.4 Å². The van der Waals surface area contributed by atoms with Gasteiger partial charge in [-0.05, 0) is 55.6 Å². The molecule has 1 N–H and O–H groups in total. The van der Waals surface area contributed by atoms with Gasteiger partial charge >= 0.3 is 0 Å². The van der Waals surface area contributed by atoms with Crippen molar-refractivity contribution in [3.8, 4) is 0 Å². The lowest BCUT2D eigenvalue weighted by Crippen LogP contribution is -2.51. The monoisotopic (exact) mass is 354 g/mol. The van der Waals surface area contributed by atoms with Crippen molar-refractivity contribution in [2.75, 3.05) is 13.1 Å². The summed E-state index contributed by atoms with van der Waals surface area (Å²) < 4.78 is 12.9. The predicted octanol–water partition coefficient (Wildman–Crippen LogP) is 2.64. The smallest absolute Gasteiger partial charge is 0.212 e. The number of hydrogen-bond donors (Lipinski definition) is 1. The molecule has 2 aliphatic rings. The van der Waals surface area contributed by atoms with Gasteiger partial charge in [0.05, 0.1) is 6.10 Å². The molecule has 2 unspecified atom stereocenters. The maximum absolute atomic E-state index is 12.9. The van der Waals surface area contributed by atoms with E-state index in [1.54, 1.807) is 0 Å². The highest BCUT2D eigenvalue weighted by Crippen LogP contribution is 2.29. The third-order valence-electron chi connectivity index (χ3n) is 5.80. The van der Waals surface area contributed by atoms with Crippen LogP contribution in [0.25, 0.3) is 0 Å². The molecule has 136 valence electrons. The molecule has 1 aliphatic carbocycles. The molecule has 26 heavy (non-hydrogen) atoms. The first-order chi connectivity index (χ1) is 12.6. The van der Waals surface area contributed by atoms with Gasteiger partial charge in [0.1, 0.15) is 0 Å². The molecule has 1 aliphatic heterocycles. The Kier molecular flexibility index (Phi) is 4.83. The molecule has 1 aromatic carbocycles. The predicted molar refractivity (Wildman–Crippen MR) is 96.5 cm³/mol. The molecule has 4 rings (SSSR count). The van der Waals surface area contributed by atoms with Crippen molar-refractivity contribution in [3.05, 3.63) is 65.2 Å². The number of fused-ring (bicyclic) bond motifs is 1. The van der Waals surface area contributed by atoms with Gasteiger partial charge in [-0.1, -0.05) is 24.3 Å². The van der Waals surface area contributed by atoms with Gasteiger partial charge in [0, 0.05) is 30.1 Å². The number of Topliss-reactive ketones (excluding diaryl/α,β-unsaturated/α-hetero) is 1. The number of piperidine rings is 1. The van der Waals surface area contributed by atoms with Gasteiger partial charge in [0.25, 0.3) is 0 Å². The van der Waals surface area contributed by atoms with Crippen LogP contribution in [0.2, 0.25) is 0 Å². The highest BCUT2D eigenvalue weighted by Gasteiger charge is 2.35. The average molecular weight is 354 g/mol. The standard InChI is InChI=1S/C21H23FN2O2/c22-20-6-5-17(13-23-20)21(26)14-7-9-24(10-8-14)18-11-15-3-1-2-4-16(15)12-19(18)25/h1-6,13-14,18-19,25H,7-12H2. The molecule has 0 bridgehead atoms. The number of hydrogen-bond acceptors (Lipinski definition) is 4. The van der Waals surface area contributed by atoms with Crippen molar-refractivity contribution in [3.63, 3.8) is 0 Å². The zero-order chi connectivity index (χ0) is 18.1. The van der Waals surface area contributed by atoms with Crippen LogP contribution in [0.3, 0.4) is 0 Å². The van der Waals surface area contributed by atoms with Gasteiger partial charge in [-0.25, -0.2) is 4.98 Å². The average Bonchev–Trinajstić information content (AvgIpc) is 2.68. The van der Waals surface area contributed by atoms with E-state index in [-0.39, 0.29) is 23.8 Å². The summed E-state index contributed by atoms with van der Waals surface area (Å²) in [7, 11) is 0. The fourth-order valence-electron chi connectivity index (χ4n) is 4.30. The Labute approximate surface area is 152 Å². The summed E-state index contributed by atoms with van der Waals surface area (Å²) in [5.74, 6) is -0.568. The zero-order valence-electron chi connectivity index (χ0n) is 14.6. The number of carbonyl (C=O) groups excluding carboxylic acids is 1. The van der Waals surface area contributed by atoms with Gasteiger partial charge in [-0.15, -0.1) is 0 Å². The summed E-state index contributed by atoms with van der Waals surface area (Å²) in [6, 6.07) is 11.2. The number of carbonyl (C=O) groups is 1. The van der Waals surface area contributed by atoms with E-state index in [4.69, 9.17) is 0 Å². The first kappa shape index (κ1) is 17.3. The lowest BCUT2D eigenvalue weighted by molar-refractivity contribution is 0.0239. The lowest BCUT2D eigenvalue weighted by atomic mass is 9.83. The van der Waals surface area contributed by atoms with Crippen LogP contribution in [-0.2, 0) is 12.8 Å². The van der Waals surface area contributed by atoms with Gasteiger partial charge < -0.3 is 5.11 Å². The summed E-state index contributed by atoms with van der Waals surface area (Å²) in [5, 5.41) is 10.6. The maximum Gasteiger partial charge on any atom is 0.212 e. The van der Waals surface area contributed by atoms with E-state index in [1.165, 1.54) is 29.5 Å². The minimum atomic E-state index is -0.567. The molecule has 1 fully saturated rings. The van der Waals surface area contributed by atoms with Crippen LogP contribution in [0.15, 0.2) is 42.6 Å². The van der Waals surface area contributed by atoms with E-state index >= 15 is 0 Å². The largest absolute Gasteiger partial charge is 0.391 e. The highest BCUT2D eigenvalue weighted by atomic mass is 19.1. The number of ketones is 1. The number of halogens is 1. The number of benzene rings is 1. The number of aliphatic hydroxyl groups is 1. The molecular formula is C21H23FN2O2. The van der Waals surface area contributed by atoms with Gasteiger partial charge in [-0.3, -0.25) is 9.69 Å². The van der Waals surface area contributed by atoms with Crippen molar-refractivity contribution in [1.82, 2.24) is 9.88 Å². The Morgan fingerprint density at radius 2 is 1.77 bits per heavy atom. The Morgan fingerprint density at radius 1 is 1.08 bits per heavy atom. The van der Waals surface area contributed by atoms with Gasteiger partial charge in [0.2, 0.25) is 5.95 Å². The Bertz CT molecular complexity index is 785. The molecular weight excluding hydrogens is 331 g/mol. The lowest BCUT2D eigenvalue weighted by Gasteiger charge is -2.41. The molecule has 0 amide bonds. The number of aliphatic hydroxyl groups excluding tert-OH is 1. The number of likely N-dealkylation sites (tertiary alicyclic amines) is 1. The number of aromatic nitrogens is 1. The quantitative estimate of drug-likeness (QED) is 0.680. The minimum absolute atomic E-state index is 0.0479. The van der Waals surface area contributed by atoms with Gasteiger partial charge in [-0.2, -0.15) is 4.39 Å². The molecule has 0 saturated carbocycles. The van der Waals surface area contributed by atoms with Crippen molar-refractivity contribution in [1.29, 1.82) is 0 Å². The summed E-state index contributed by atoms with van der Waals surface area (Å²) in [6.07, 6.45) is 4.05. The van der Waals surface area contributed by atoms with Crippen molar-refractivity contribution in [2.45, 2.75) is 37.8 Å². The fraction of sp³-hybridized carbons (Fsp3) is 0.429. The fourth-order valence-corrected chi connectivity index (χ4v) is 4.30. The van der Waals surface area contributed by atoms with Crippen LogP contribution in [0.5, 0.6) is 0 Å². The van der Waals surface area contributed by atoms with Gasteiger partial charge in [0.15, 0.2) is 5.78 Å². The maximum atomic E-state index is 12.9. The summed E-state index contributed by atoms with van der Waals surface area (Å²) in [6.45, 7) is 1.60. The first-order valence-corrected chi connectivity index (χ1v) is 9.26. The summed E-state index contributed by atoms with van der Waals surface area (Å²) >= 11 is 0. The number of pyridine rings is 1. The molecule has 4 nitrogen and oxygen atoms in total. The van der Waals surface area contributed by atoms with Crippen LogP contribution >= 0.6 is 0 Å². The SMILES string of the molecule is O=C(c1ccc(F)nc1)C1CCN(C2Cc3ccccc3CC2O)CC1. The number of nitrogens with zero attached hydrogens (tertiary/aromatic N) is 2. The Hall–Kier alpha value is -2.11. The summed E-state index contributed by atoms with van der Waals surface area (Å²) in [5.41, 5.74) is 3.04. The van der Waals surface area contributed by atoms with Crippen molar-refractivity contribution in [2.24, 2.45) is 5.92 Å². The molecule has 2 aromatic rings. The molecule has 0 spiro atoms. The molecule has 1 aromatic heterocycles. The second-order valence-electron chi connectivity index (χ2n) is 7.36. The molecule has 1 saturated heterocycles. The second-order valence-corrected chi connectivity index (χ2v) is 7.36. The normalized spacial score (nSPS) is 24.2. The molecule has 2 atom stereocenters. The van der Waals surface area contributed by atoms with Crippen molar-refractivity contribution >= 4 is 5.78 Å². The second kappa shape index (κ2) is 7.25. The van der Waals surface area contributed by atoms with Crippen LogP contribution in [0.4, 0.5) is 4.39 Å². The van der Waals surface area contributed by atoms with E-state index < -0.39 is 5.95 Å². The minimum Gasteiger partial charge on any atom is -0.391 e. The summed E-state index contributed by atoms with van der Waals surface area (Å²) in [4.78, 5) is 18.5. The van der Waals surface area contributed by atoms with E-state index in [9.17, 15) is 14.3 Å². The van der Waals surface area contributed by atoms with Crippen LogP contribution in [0.1, 0.15) is 34.3 Å². The highest BCUT2D eigenvalue weighted by molar-refractivity contribution is 5.97. The van der Waals surface area contributed by atoms with Crippen LogP contribution in [0, 0.1) is 11.9 Å². The number of rotatable bonds is 3. The third kappa shape index (κ3) is 3.41. The van der Waals surface area contributed by atoms with E-state index in [2.05, 4.69) is 28.1 Å². The topological polar surface area (TPSA) is 53.4 Å². The van der Waals surface area contributed by atoms with Crippen LogP contribution in [-0.4, -0.2) is 46.0 Å². The molecule has 2 heterocycles. The van der Waals surface area contributed by atoms with E-state index in [1.807, 2.05) is 6.07 Å². The third-order valence-corrected chi connectivity index (χ3v) is 5.80. The Balaban J connectivity index is 1.39. The first-order valence-electron chi connectivity index (χ1n) is 9.26.